The molecule has 1 aromatic heterocycles. The zero-order chi connectivity index (χ0) is 21.5. The largest absolute Gasteiger partial charge is 0.493 e. The van der Waals surface area contributed by atoms with Crippen molar-refractivity contribution < 1.29 is 14.2 Å². The van der Waals surface area contributed by atoms with Gasteiger partial charge in [0.1, 0.15) is 11.7 Å². The summed E-state index contributed by atoms with van der Waals surface area (Å²) in [6, 6.07) is 4.19. The standard InChI is InChI=1S/C22H31N5O3/c1-14(25-17-8-6-5-7-9-17)26-22-24-13-16(21(23)27-22)10-15-11-18(28-2)20(30-4)19(12-15)29-3/h11-13,17H,5-10H2,1-4H3,(H3,23,24,25,26,27). The molecule has 2 aromatic rings. The van der Waals surface area contributed by atoms with Crippen LogP contribution in [0.3, 0.4) is 0 Å². The Balaban J connectivity index is 1.73. The number of ether oxygens (including phenoxy) is 3. The van der Waals surface area contributed by atoms with Crippen molar-refractivity contribution in [3.63, 3.8) is 0 Å². The molecular formula is C22H31N5O3. The molecule has 1 heterocycles. The summed E-state index contributed by atoms with van der Waals surface area (Å²) in [6.07, 6.45) is 8.39. The van der Waals surface area contributed by atoms with Crippen molar-refractivity contribution in [1.82, 2.24) is 9.97 Å². The Bertz CT molecular complexity index is 869. The molecule has 1 aliphatic carbocycles. The minimum atomic E-state index is 0.392. The predicted octanol–water partition coefficient (Wildman–Crippen LogP) is 3.84. The lowest BCUT2D eigenvalue weighted by molar-refractivity contribution is 0.324. The number of benzene rings is 1. The second-order valence-corrected chi connectivity index (χ2v) is 7.45. The lowest BCUT2D eigenvalue weighted by Gasteiger charge is -2.18. The molecule has 1 aromatic carbocycles. The van der Waals surface area contributed by atoms with E-state index in [2.05, 4.69) is 15.3 Å². The second kappa shape index (κ2) is 10.1. The summed E-state index contributed by atoms with van der Waals surface area (Å²) in [7, 11) is 4.77. The van der Waals surface area contributed by atoms with Gasteiger partial charge in [-0.2, -0.15) is 4.98 Å². The third-order valence-corrected chi connectivity index (χ3v) is 5.26. The summed E-state index contributed by atoms with van der Waals surface area (Å²) in [5.74, 6) is 3.45. The minimum absolute atomic E-state index is 0.392. The SMILES string of the molecule is COc1cc(Cc2cnc(NC(C)=NC3CCCCC3)nc2N)cc(OC)c1OC. The van der Waals surface area contributed by atoms with Crippen molar-refractivity contribution in [1.29, 1.82) is 0 Å². The molecule has 0 amide bonds. The number of nitrogens with zero attached hydrogens (tertiary/aromatic N) is 3. The van der Waals surface area contributed by atoms with Crippen LogP contribution in [0.25, 0.3) is 0 Å². The lowest BCUT2D eigenvalue weighted by Crippen LogP contribution is -2.17. The highest BCUT2D eigenvalue weighted by Gasteiger charge is 2.15. The predicted molar refractivity (Wildman–Crippen MR) is 119 cm³/mol. The maximum Gasteiger partial charge on any atom is 0.230 e. The van der Waals surface area contributed by atoms with Crippen molar-refractivity contribution in [2.75, 3.05) is 32.4 Å². The van der Waals surface area contributed by atoms with E-state index in [1.54, 1.807) is 27.5 Å². The average Bonchev–Trinajstić information content (AvgIpc) is 2.75. The van der Waals surface area contributed by atoms with Gasteiger partial charge in [-0.25, -0.2) is 4.98 Å². The van der Waals surface area contributed by atoms with Crippen LogP contribution in [0.5, 0.6) is 17.2 Å². The first-order valence-corrected chi connectivity index (χ1v) is 10.3. The van der Waals surface area contributed by atoms with Crippen molar-refractivity contribution >= 4 is 17.6 Å². The second-order valence-electron chi connectivity index (χ2n) is 7.45. The fraction of sp³-hybridized carbons (Fsp3) is 0.500. The van der Waals surface area contributed by atoms with Gasteiger partial charge in [0.15, 0.2) is 11.5 Å². The molecule has 8 heteroatoms. The first-order chi connectivity index (χ1) is 14.5. The number of nitrogen functional groups attached to an aromatic ring is 1. The fourth-order valence-corrected chi connectivity index (χ4v) is 3.75. The first kappa shape index (κ1) is 21.7. The number of hydrogen-bond acceptors (Lipinski definition) is 7. The first-order valence-electron chi connectivity index (χ1n) is 10.3. The van der Waals surface area contributed by atoms with Crippen LogP contribution in [-0.4, -0.2) is 43.2 Å². The molecule has 0 bridgehead atoms. The molecule has 0 atom stereocenters. The average molecular weight is 414 g/mol. The highest BCUT2D eigenvalue weighted by Crippen LogP contribution is 2.38. The van der Waals surface area contributed by atoms with E-state index in [0.717, 1.165) is 29.8 Å². The number of hydrogen-bond donors (Lipinski definition) is 2. The van der Waals surface area contributed by atoms with Gasteiger partial charge in [-0.3, -0.25) is 4.99 Å². The molecule has 162 valence electrons. The van der Waals surface area contributed by atoms with Crippen molar-refractivity contribution in [3.05, 3.63) is 29.5 Å². The minimum Gasteiger partial charge on any atom is -0.493 e. The molecule has 0 unspecified atom stereocenters. The Morgan fingerprint density at radius 3 is 2.33 bits per heavy atom. The molecule has 0 aliphatic heterocycles. The van der Waals surface area contributed by atoms with Crippen LogP contribution in [0.2, 0.25) is 0 Å². The zero-order valence-electron chi connectivity index (χ0n) is 18.2. The molecule has 1 fully saturated rings. The van der Waals surface area contributed by atoms with E-state index in [9.17, 15) is 0 Å². The highest BCUT2D eigenvalue weighted by atomic mass is 16.5. The van der Waals surface area contributed by atoms with Gasteiger partial charge >= 0.3 is 0 Å². The maximum absolute atomic E-state index is 6.21. The van der Waals surface area contributed by atoms with Gasteiger partial charge in [-0.05, 0) is 37.5 Å². The van der Waals surface area contributed by atoms with Crippen molar-refractivity contribution in [3.8, 4) is 17.2 Å². The summed E-state index contributed by atoms with van der Waals surface area (Å²) in [5.41, 5.74) is 7.98. The smallest absolute Gasteiger partial charge is 0.230 e. The van der Waals surface area contributed by atoms with Crippen LogP contribution in [0.15, 0.2) is 23.3 Å². The Morgan fingerprint density at radius 1 is 1.10 bits per heavy atom. The zero-order valence-corrected chi connectivity index (χ0v) is 18.2. The van der Waals surface area contributed by atoms with Crippen LogP contribution in [0.1, 0.15) is 50.2 Å². The lowest BCUT2D eigenvalue weighted by atomic mass is 9.96. The summed E-state index contributed by atoms with van der Waals surface area (Å²) in [4.78, 5) is 13.6. The van der Waals surface area contributed by atoms with Crippen LogP contribution in [0.4, 0.5) is 11.8 Å². The molecule has 30 heavy (non-hydrogen) atoms. The molecule has 3 rings (SSSR count). The summed E-state index contributed by atoms with van der Waals surface area (Å²) >= 11 is 0. The number of rotatable bonds is 7. The van der Waals surface area contributed by atoms with Gasteiger partial charge in [-0.1, -0.05) is 19.3 Å². The molecular weight excluding hydrogens is 382 g/mol. The Morgan fingerprint density at radius 2 is 1.77 bits per heavy atom. The van der Waals surface area contributed by atoms with E-state index in [0.29, 0.717) is 41.5 Å². The molecule has 1 saturated carbocycles. The van der Waals surface area contributed by atoms with Gasteiger partial charge in [0.25, 0.3) is 0 Å². The normalized spacial score (nSPS) is 15.0. The molecule has 0 radical (unpaired) electrons. The Hall–Kier alpha value is -3.03. The van der Waals surface area contributed by atoms with Gasteiger partial charge < -0.3 is 25.3 Å². The number of methoxy groups -OCH3 is 3. The number of aromatic nitrogens is 2. The van der Waals surface area contributed by atoms with E-state index in [1.807, 2.05) is 19.1 Å². The molecule has 8 nitrogen and oxygen atoms in total. The highest BCUT2D eigenvalue weighted by molar-refractivity contribution is 5.92. The Kier molecular flexibility index (Phi) is 7.32. The summed E-state index contributed by atoms with van der Waals surface area (Å²) in [6.45, 7) is 1.94. The molecule has 0 saturated heterocycles. The summed E-state index contributed by atoms with van der Waals surface area (Å²) < 4.78 is 16.2. The monoisotopic (exact) mass is 413 g/mol. The van der Waals surface area contributed by atoms with Crippen LogP contribution < -0.4 is 25.3 Å². The third-order valence-electron chi connectivity index (χ3n) is 5.26. The number of nitrogens with one attached hydrogen (secondary N) is 1. The van der Waals surface area contributed by atoms with Gasteiger partial charge in [0, 0.05) is 18.2 Å². The number of aliphatic imine (C=N–C) groups is 1. The molecule has 0 spiro atoms. The topological polar surface area (TPSA) is 104 Å². The summed E-state index contributed by atoms with van der Waals surface area (Å²) in [5, 5.41) is 3.16. The quantitative estimate of drug-likeness (QED) is 0.525. The Labute approximate surface area is 177 Å². The van der Waals surface area contributed by atoms with Crippen LogP contribution in [0, 0.1) is 0 Å². The molecule has 3 N–H and O–H groups in total. The number of amidine groups is 1. The number of nitrogens with two attached hydrogens (primary N) is 1. The van der Waals surface area contributed by atoms with Crippen molar-refractivity contribution in [2.45, 2.75) is 51.5 Å². The van der Waals surface area contributed by atoms with E-state index < -0.39 is 0 Å². The van der Waals surface area contributed by atoms with E-state index >= 15 is 0 Å². The van der Waals surface area contributed by atoms with E-state index in [1.165, 1.54) is 19.3 Å². The third kappa shape index (κ3) is 5.31. The van der Waals surface area contributed by atoms with Gasteiger partial charge in [-0.15, -0.1) is 0 Å². The van der Waals surface area contributed by atoms with E-state index in [4.69, 9.17) is 24.9 Å². The maximum atomic E-state index is 6.21. The molecule has 1 aliphatic rings. The van der Waals surface area contributed by atoms with Gasteiger partial charge in [0.2, 0.25) is 11.7 Å². The van der Waals surface area contributed by atoms with Crippen LogP contribution in [-0.2, 0) is 6.42 Å². The van der Waals surface area contributed by atoms with Gasteiger partial charge in [0.05, 0.1) is 27.4 Å². The number of anilines is 2. The fourth-order valence-electron chi connectivity index (χ4n) is 3.75. The van der Waals surface area contributed by atoms with E-state index in [-0.39, 0.29) is 0 Å². The van der Waals surface area contributed by atoms with Crippen LogP contribution >= 0.6 is 0 Å². The van der Waals surface area contributed by atoms with Crippen molar-refractivity contribution in [2.24, 2.45) is 4.99 Å².